The first-order valence-electron chi connectivity index (χ1n) is 6.17. The fraction of sp³-hybridized carbons (Fsp3) is 0.538. The highest BCUT2D eigenvalue weighted by atomic mass is 17.2. The van der Waals surface area contributed by atoms with Crippen molar-refractivity contribution in [3.8, 4) is 0 Å². The molecule has 0 bridgehead atoms. The molecule has 1 saturated carbocycles. The average Bonchev–Trinajstić information content (AvgIpc) is 2.90. The maximum atomic E-state index is 9.09. The first kappa shape index (κ1) is 12.1. The Labute approximate surface area is 105 Å². The minimum Gasteiger partial charge on any atom is -0.312 e. The quantitative estimate of drug-likeness (QED) is 0.625. The SMILES string of the molecule is OO[C@@H]1O[C@H](OO)C2(CCCC2)c2ccccc21. The van der Waals surface area contributed by atoms with E-state index in [1.54, 1.807) is 0 Å². The second-order valence-corrected chi connectivity index (χ2v) is 4.96. The highest BCUT2D eigenvalue weighted by molar-refractivity contribution is 5.38. The number of fused-ring (bicyclic) bond motifs is 2. The maximum Gasteiger partial charge on any atom is 0.220 e. The Morgan fingerprint density at radius 2 is 1.83 bits per heavy atom. The fourth-order valence-electron chi connectivity index (χ4n) is 3.32. The van der Waals surface area contributed by atoms with Gasteiger partial charge in [0.25, 0.3) is 0 Å². The zero-order valence-corrected chi connectivity index (χ0v) is 9.91. The van der Waals surface area contributed by atoms with Gasteiger partial charge in [0.05, 0.1) is 0 Å². The Balaban J connectivity index is 2.12. The van der Waals surface area contributed by atoms with Gasteiger partial charge in [-0.1, -0.05) is 37.1 Å². The predicted molar refractivity (Wildman–Crippen MR) is 61.6 cm³/mol. The number of ether oxygens (including phenoxy) is 1. The van der Waals surface area contributed by atoms with Crippen molar-refractivity contribution < 1.29 is 25.0 Å². The van der Waals surface area contributed by atoms with Crippen molar-refractivity contribution >= 4 is 0 Å². The molecule has 1 fully saturated rings. The van der Waals surface area contributed by atoms with Gasteiger partial charge in [-0.25, -0.2) is 20.3 Å². The molecule has 5 nitrogen and oxygen atoms in total. The van der Waals surface area contributed by atoms with E-state index in [1.165, 1.54) is 0 Å². The second kappa shape index (κ2) is 4.60. The van der Waals surface area contributed by atoms with Crippen molar-refractivity contribution in [2.24, 2.45) is 0 Å². The van der Waals surface area contributed by atoms with Gasteiger partial charge < -0.3 is 4.74 Å². The fourth-order valence-corrected chi connectivity index (χ4v) is 3.32. The number of benzene rings is 1. The molecule has 2 atom stereocenters. The number of hydrogen-bond acceptors (Lipinski definition) is 5. The Morgan fingerprint density at radius 3 is 2.50 bits per heavy atom. The van der Waals surface area contributed by atoms with Crippen molar-refractivity contribution in [1.82, 2.24) is 0 Å². The van der Waals surface area contributed by atoms with E-state index in [0.717, 1.165) is 36.8 Å². The molecule has 1 aliphatic heterocycles. The standard InChI is InChI=1S/C13H16O5/c14-17-11-9-5-1-2-6-10(9)13(7-3-4-8-13)12(16-11)18-15/h1-2,5-6,11-12,14-15H,3-4,7-8H2/t11-,12+/m0/s1. The second-order valence-electron chi connectivity index (χ2n) is 4.96. The molecule has 0 radical (unpaired) electrons. The van der Waals surface area contributed by atoms with E-state index in [2.05, 4.69) is 9.78 Å². The zero-order valence-electron chi connectivity index (χ0n) is 9.91. The summed E-state index contributed by atoms with van der Waals surface area (Å²) in [7, 11) is 0. The van der Waals surface area contributed by atoms with E-state index in [1.807, 2.05) is 24.3 Å². The first-order chi connectivity index (χ1) is 8.81. The highest BCUT2D eigenvalue weighted by Gasteiger charge is 2.51. The molecule has 3 rings (SSSR count). The lowest BCUT2D eigenvalue weighted by atomic mass is 9.74. The molecule has 5 heteroatoms. The van der Waals surface area contributed by atoms with E-state index in [4.69, 9.17) is 15.3 Å². The Bertz CT molecular complexity index is 427. The summed E-state index contributed by atoms with van der Waals surface area (Å²) in [6, 6.07) is 7.66. The molecule has 2 N–H and O–H groups in total. The van der Waals surface area contributed by atoms with Gasteiger partial charge >= 0.3 is 0 Å². The summed E-state index contributed by atoms with van der Waals surface area (Å²) in [6.07, 6.45) is 2.22. The zero-order chi connectivity index (χ0) is 12.6. The molecule has 0 saturated heterocycles. The summed E-state index contributed by atoms with van der Waals surface area (Å²) < 4.78 is 5.50. The third-order valence-corrected chi connectivity index (χ3v) is 4.14. The van der Waals surface area contributed by atoms with Crippen LogP contribution < -0.4 is 0 Å². The monoisotopic (exact) mass is 252 g/mol. The smallest absolute Gasteiger partial charge is 0.220 e. The first-order valence-corrected chi connectivity index (χ1v) is 6.17. The molecule has 98 valence electrons. The van der Waals surface area contributed by atoms with Crippen molar-refractivity contribution in [3.05, 3.63) is 35.4 Å². The average molecular weight is 252 g/mol. The van der Waals surface area contributed by atoms with Crippen molar-refractivity contribution in [2.45, 2.75) is 43.7 Å². The summed E-state index contributed by atoms with van der Waals surface area (Å²) in [5, 5.41) is 18.0. The van der Waals surface area contributed by atoms with Crippen LogP contribution in [0.25, 0.3) is 0 Å². The van der Waals surface area contributed by atoms with E-state index < -0.39 is 12.6 Å². The van der Waals surface area contributed by atoms with Gasteiger partial charge in [-0.3, -0.25) is 0 Å². The van der Waals surface area contributed by atoms with E-state index in [-0.39, 0.29) is 5.41 Å². The molecule has 1 aromatic carbocycles. The van der Waals surface area contributed by atoms with Crippen LogP contribution in [0, 0.1) is 0 Å². The molecule has 0 aromatic heterocycles. The Hall–Kier alpha value is -0.980. The lowest BCUT2D eigenvalue weighted by molar-refractivity contribution is -0.439. The van der Waals surface area contributed by atoms with Crippen LogP contribution in [-0.4, -0.2) is 16.8 Å². The van der Waals surface area contributed by atoms with Gasteiger partial charge in [0.2, 0.25) is 12.6 Å². The van der Waals surface area contributed by atoms with Crippen molar-refractivity contribution in [2.75, 3.05) is 0 Å². The van der Waals surface area contributed by atoms with Crippen molar-refractivity contribution in [1.29, 1.82) is 0 Å². The van der Waals surface area contributed by atoms with Crippen LogP contribution in [0.2, 0.25) is 0 Å². The molecule has 1 aromatic rings. The Morgan fingerprint density at radius 1 is 1.11 bits per heavy atom. The molecule has 0 unspecified atom stereocenters. The molecule has 1 aliphatic carbocycles. The number of hydrogen-bond donors (Lipinski definition) is 2. The summed E-state index contributed by atoms with van der Waals surface area (Å²) >= 11 is 0. The van der Waals surface area contributed by atoms with Crippen LogP contribution in [-0.2, 0) is 19.9 Å². The van der Waals surface area contributed by atoms with Crippen LogP contribution in [0.1, 0.15) is 43.1 Å². The normalized spacial score (nSPS) is 29.4. The summed E-state index contributed by atoms with van der Waals surface area (Å²) in [5.41, 5.74) is 1.50. The molecular formula is C13H16O5. The van der Waals surface area contributed by atoms with Crippen LogP contribution in [0.4, 0.5) is 0 Å². The van der Waals surface area contributed by atoms with Crippen LogP contribution in [0.3, 0.4) is 0 Å². The summed E-state index contributed by atoms with van der Waals surface area (Å²) in [4.78, 5) is 8.84. The minimum atomic E-state index is -0.912. The topological polar surface area (TPSA) is 68.2 Å². The van der Waals surface area contributed by atoms with Gasteiger partial charge in [0, 0.05) is 11.0 Å². The summed E-state index contributed by atoms with van der Waals surface area (Å²) in [5.74, 6) is 0. The molecule has 1 spiro atoms. The minimum absolute atomic E-state index is 0.333. The lowest BCUT2D eigenvalue weighted by Gasteiger charge is -2.42. The van der Waals surface area contributed by atoms with Gasteiger partial charge in [-0.05, 0) is 18.4 Å². The highest BCUT2D eigenvalue weighted by Crippen LogP contribution is 2.51. The van der Waals surface area contributed by atoms with E-state index in [0.29, 0.717) is 0 Å². The predicted octanol–water partition coefficient (Wildman–Crippen LogP) is 2.83. The lowest BCUT2D eigenvalue weighted by Crippen LogP contribution is -2.46. The van der Waals surface area contributed by atoms with Gasteiger partial charge in [0.15, 0.2) is 0 Å². The van der Waals surface area contributed by atoms with Gasteiger partial charge in [0.1, 0.15) is 0 Å². The summed E-state index contributed by atoms with van der Waals surface area (Å²) in [6.45, 7) is 0. The van der Waals surface area contributed by atoms with Gasteiger partial charge in [-0.2, -0.15) is 0 Å². The van der Waals surface area contributed by atoms with Crippen LogP contribution in [0.5, 0.6) is 0 Å². The molecule has 2 aliphatic rings. The largest absolute Gasteiger partial charge is 0.312 e. The third-order valence-electron chi connectivity index (χ3n) is 4.14. The molecule has 0 amide bonds. The van der Waals surface area contributed by atoms with E-state index in [9.17, 15) is 0 Å². The maximum absolute atomic E-state index is 9.09. The van der Waals surface area contributed by atoms with Gasteiger partial charge in [-0.15, -0.1) is 0 Å². The molecule has 18 heavy (non-hydrogen) atoms. The molecule has 1 heterocycles. The van der Waals surface area contributed by atoms with Crippen molar-refractivity contribution in [3.63, 3.8) is 0 Å². The van der Waals surface area contributed by atoms with Crippen LogP contribution >= 0.6 is 0 Å². The third kappa shape index (κ3) is 1.60. The Kier molecular flexibility index (Phi) is 3.09. The van der Waals surface area contributed by atoms with E-state index >= 15 is 0 Å². The van der Waals surface area contributed by atoms with Crippen LogP contribution in [0.15, 0.2) is 24.3 Å². The number of rotatable bonds is 2. The molecular weight excluding hydrogens is 236 g/mol.